The summed E-state index contributed by atoms with van der Waals surface area (Å²) in [7, 11) is 3.55. The molecule has 0 heterocycles. The molecule has 0 aliphatic heterocycles. The summed E-state index contributed by atoms with van der Waals surface area (Å²) >= 11 is 0. The van der Waals surface area contributed by atoms with Crippen LogP contribution in [0.4, 0.5) is 0 Å². The molecule has 1 aliphatic carbocycles. The van der Waals surface area contributed by atoms with Gasteiger partial charge in [0.2, 0.25) is 17.7 Å². The number of amides is 3. The molecular weight excluding hydrogens is 528 g/mol. The number of hydrogen-bond donors (Lipinski definition) is 4. The van der Waals surface area contributed by atoms with Gasteiger partial charge in [-0.25, -0.2) is 0 Å². The zero-order valence-corrected chi connectivity index (χ0v) is 26.2. The highest BCUT2D eigenvalue weighted by Gasteiger charge is 2.31. The first kappa shape index (κ1) is 35.3. The van der Waals surface area contributed by atoms with Crippen molar-refractivity contribution < 1.29 is 19.5 Å². The van der Waals surface area contributed by atoms with Crippen LogP contribution in [-0.2, 0) is 20.8 Å². The van der Waals surface area contributed by atoms with Gasteiger partial charge >= 0.3 is 0 Å². The number of aliphatic hydroxyl groups is 1. The van der Waals surface area contributed by atoms with Gasteiger partial charge in [0.25, 0.3) is 0 Å². The summed E-state index contributed by atoms with van der Waals surface area (Å²) in [5.41, 5.74) is 0.933. The van der Waals surface area contributed by atoms with E-state index in [1.165, 1.54) is 19.3 Å². The maximum absolute atomic E-state index is 13.6. The lowest BCUT2D eigenvalue weighted by Gasteiger charge is -2.32. The largest absolute Gasteiger partial charge is 0.391 e. The molecule has 3 amide bonds. The number of carbonyl (C=O) groups excluding carboxylic acids is 3. The van der Waals surface area contributed by atoms with Gasteiger partial charge in [0.05, 0.1) is 18.1 Å². The third-order valence-corrected chi connectivity index (χ3v) is 8.34. The molecule has 0 aromatic heterocycles. The van der Waals surface area contributed by atoms with Crippen molar-refractivity contribution in [1.29, 1.82) is 0 Å². The van der Waals surface area contributed by atoms with Crippen molar-refractivity contribution in [2.75, 3.05) is 27.2 Å². The maximum atomic E-state index is 13.6. The molecule has 8 heteroatoms. The molecule has 1 saturated carbocycles. The van der Waals surface area contributed by atoms with Crippen molar-refractivity contribution in [3.05, 3.63) is 35.9 Å². The van der Waals surface area contributed by atoms with Gasteiger partial charge in [-0.15, -0.1) is 12.3 Å². The van der Waals surface area contributed by atoms with Gasteiger partial charge in [-0.05, 0) is 50.1 Å². The molecule has 0 unspecified atom stereocenters. The van der Waals surface area contributed by atoms with E-state index in [0.717, 1.165) is 24.8 Å². The van der Waals surface area contributed by atoms with Crippen LogP contribution >= 0.6 is 0 Å². The van der Waals surface area contributed by atoms with Gasteiger partial charge in [0, 0.05) is 33.0 Å². The lowest BCUT2D eigenvalue weighted by atomic mass is 9.83. The van der Waals surface area contributed by atoms with Crippen molar-refractivity contribution in [3.8, 4) is 12.3 Å². The van der Waals surface area contributed by atoms with Crippen LogP contribution in [0.1, 0.15) is 83.6 Å². The van der Waals surface area contributed by atoms with Gasteiger partial charge in [-0.3, -0.25) is 14.4 Å². The minimum absolute atomic E-state index is 0.0174. The lowest BCUT2D eigenvalue weighted by Crippen LogP contribution is -2.54. The maximum Gasteiger partial charge on any atom is 0.243 e. The molecule has 1 aliphatic rings. The molecule has 8 nitrogen and oxygen atoms in total. The Morgan fingerprint density at radius 2 is 1.74 bits per heavy atom. The van der Waals surface area contributed by atoms with E-state index in [0.29, 0.717) is 44.2 Å². The summed E-state index contributed by atoms with van der Waals surface area (Å²) in [6.07, 6.45) is 13.3. The van der Waals surface area contributed by atoms with Gasteiger partial charge in [0.1, 0.15) is 6.04 Å². The molecule has 4 atom stereocenters. The average Bonchev–Trinajstić information content (AvgIpc) is 2.98. The monoisotopic (exact) mass is 582 g/mol. The van der Waals surface area contributed by atoms with Crippen LogP contribution in [-0.4, -0.2) is 73.1 Å². The number of hydrogen-bond acceptors (Lipinski definition) is 5. The molecule has 1 fully saturated rings. The summed E-state index contributed by atoms with van der Waals surface area (Å²) in [6, 6.07) is 8.20. The Labute approximate surface area is 253 Å². The van der Waals surface area contributed by atoms with E-state index in [2.05, 4.69) is 35.7 Å². The molecule has 4 N–H and O–H groups in total. The Bertz CT molecular complexity index is 987. The Balaban J connectivity index is 2.17. The average molecular weight is 583 g/mol. The fraction of sp³-hybridized carbons (Fsp3) is 0.676. The Kier molecular flexibility index (Phi) is 16.2. The van der Waals surface area contributed by atoms with Crippen LogP contribution in [0.25, 0.3) is 0 Å². The SMILES string of the molecule is C#CC[C@H](NC(=O)[C@@H](CC(=O)N(C)CCNC)Cc1ccccc1)C(=O)N[C@@H](CC1CCCCC1)[C@@H](O)CCC(C)C. The normalized spacial score (nSPS) is 16.6. The van der Waals surface area contributed by atoms with E-state index in [4.69, 9.17) is 6.42 Å². The van der Waals surface area contributed by atoms with Crippen molar-refractivity contribution in [1.82, 2.24) is 20.9 Å². The second-order valence-corrected chi connectivity index (χ2v) is 12.4. The molecule has 1 aromatic carbocycles. The van der Waals surface area contributed by atoms with Crippen LogP contribution in [0.3, 0.4) is 0 Å². The molecule has 234 valence electrons. The van der Waals surface area contributed by atoms with Gasteiger partial charge in [0.15, 0.2) is 0 Å². The third-order valence-electron chi connectivity index (χ3n) is 8.34. The van der Waals surface area contributed by atoms with Crippen LogP contribution in [0.15, 0.2) is 30.3 Å². The summed E-state index contributed by atoms with van der Waals surface area (Å²) in [4.78, 5) is 41.8. The predicted octanol–water partition coefficient (Wildman–Crippen LogP) is 3.67. The van der Waals surface area contributed by atoms with Crippen molar-refractivity contribution in [2.45, 2.75) is 103 Å². The van der Waals surface area contributed by atoms with Crippen LogP contribution in [0, 0.1) is 30.1 Å². The highest BCUT2D eigenvalue weighted by atomic mass is 16.3. The van der Waals surface area contributed by atoms with E-state index in [9.17, 15) is 19.5 Å². The predicted molar refractivity (Wildman–Crippen MR) is 168 cm³/mol. The third kappa shape index (κ3) is 13.0. The fourth-order valence-corrected chi connectivity index (χ4v) is 5.63. The molecular formula is C34H54N4O4. The molecule has 0 bridgehead atoms. The van der Waals surface area contributed by atoms with Gasteiger partial charge in [-0.2, -0.15) is 0 Å². The number of carbonyl (C=O) groups is 3. The van der Waals surface area contributed by atoms with E-state index >= 15 is 0 Å². The summed E-state index contributed by atoms with van der Waals surface area (Å²) in [6.45, 7) is 5.41. The first-order valence-electron chi connectivity index (χ1n) is 15.8. The number of nitrogens with zero attached hydrogens (tertiary/aromatic N) is 1. The summed E-state index contributed by atoms with van der Waals surface area (Å²) in [5.74, 6) is 1.86. The number of aliphatic hydroxyl groups excluding tert-OH is 1. The van der Waals surface area contributed by atoms with Crippen LogP contribution < -0.4 is 16.0 Å². The number of likely N-dealkylation sites (N-methyl/N-ethyl adjacent to an activating group) is 2. The van der Waals surface area contributed by atoms with Crippen LogP contribution in [0.5, 0.6) is 0 Å². The Morgan fingerprint density at radius 3 is 2.36 bits per heavy atom. The first-order chi connectivity index (χ1) is 20.1. The minimum Gasteiger partial charge on any atom is -0.391 e. The number of benzene rings is 1. The standard InChI is InChI=1S/C34H54N4O4/c1-6-13-29(34(42)37-30(31(39)19-18-25(2)3)23-27-16-11-8-12-17-27)36-33(41)28(22-26-14-9-7-10-15-26)24-32(40)38(5)21-20-35-4/h1,7,9-10,14-15,25,27-31,35,39H,8,11-13,16-24H2,2-5H3,(H,36,41)(H,37,42)/t28-,29+,30+,31+/m1/s1. The highest BCUT2D eigenvalue weighted by Crippen LogP contribution is 2.29. The zero-order chi connectivity index (χ0) is 30.9. The second kappa shape index (κ2) is 19.3. The quantitative estimate of drug-likeness (QED) is 0.198. The molecule has 0 saturated heterocycles. The smallest absolute Gasteiger partial charge is 0.243 e. The number of rotatable bonds is 18. The van der Waals surface area contributed by atoms with Crippen LogP contribution in [0.2, 0.25) is 0 Å². The zero-order valence-electron chi connectivity index (χ0n) is 26.2. The molecule has 0 spiro atoms. The highest BCUT2D eigenvalue weighted by molar-refractivity contribution is 5.91. The molecule has 2 rings (SSSR count). The number of terminal acetylenes is 1. The molecule has 0 radical (unpaired) electrons. The van der Waals surface area contributed by atoms with E-state index in [1.54, 1.807) is 11.9 Å². The van der Waals surface area contributed by atoms with E-state index < -0.39 is 24.1 Å². The first-order valence-corrected chi connectivity index (χ1v) is 15.8. The van der Waals surface area contributed by atoms with E-state index in [1.807, 2.05) is 37.4 Å². The fourth-order valence-electron chi connectivity index (χ4n) is 5.63. The van der Waals surface area contributed by atoms with Gasteiger partial charge < -0.3 is 26.0 Å². The van der Waals surface area contributed by atoms with Crippen molar-refractivity contribution in [3.63, 3.8) is 0 Å². The van der Waals surface area contributed by atoms with E-state index in [-0.39, 0.29) is 30.6 Å². The minimum atomic E-state index is -0.955. The molecule has 1 aromatic rings. The topological polar surface area (TPSA) is 111 Å². The van der Waals surface area contributed by atoms with Crippen molar-refractivity contribution >= 4 is 17.7 Å². The lowest BCUT2D eigenvalue weighted by molar-refractivity contribution is -0.136. The Morgan fingerprint density at radius 1 is 1.05 bits per heavy atom. The van der Waals surface area contributed by atoms with Gasteiger partial charge in [-0.1, -0.05) is 76.3 Å². The van der Waals surface area contributed by atoms with Crippen molar-refractivity contribution in [2.24, 2.45) is 17.8 Å². The number of nitrogens with one attached hydrogen (secondary N) is 3. The summed E-state index contributed by atoms with van der Waals surface area (Å²) in [5, 5.41) is 20.1. The summed E-state index contributed by atoms with van der Waals surface area (Å²) < 4.78 is 0. The molecule has 42 heavy (non-hydrogen) atoms. The Hall–Kier alpha value is -2.89. The second-order valence-electron chi connectivity index (χ2n) is 12.4.